The molecule has 0 bridgehead atoms. The molecule has 144 valence electrons. The summed E-state index contributed by atoms with van der Waals surface area (Å²) in [6.45, 7) is 4.69. The van der Waals surface area contributed by atoms with Crippen molar-refractivity contribution in [1.82, 2.24) is 4.31 Å². The van der Waals surface area contributed by atoms with Crippen molar-refractivity contribution in [2.45, 2.75) is 32.4 Å². The average Bonchev–Trinajstić information content (AvgIpc) is 2.66. The molecule has 2 aromatic rings. The highest BCUT2D eigenvalue weighted by molar-refractivity contribution is 7.88. The van der Waals surface area contributed by atoms with Crippen LogP contribution in [0.4, 0.5) is 5.69 Å². The maximum atomic E-state index is 12.8. The smallest absolute Gasteiger partial charge is 0.228 e. The number of nitrogens with one attached hydrogen (secondary N) is 1. The van der Waals surface area contributed by atoms with E-state index in [1.165, 1.54) is 4.31 Å². The van der Waals surface area contributed by atoms with E-state index in [2.05, 4.69) is 5.32 Å². The molecule has 1 fully saturated rings. The second kappa shape index (κ2) is 8.23. The van der Waals surface area contributed by atoms with Gasteiger partial charge in [0.1, 0.15) is 0 Å². The zero-order valence-electron chi connectivity index (χ0n) is 15.8. The number of carbonyl (C=O) groups excluding carboxylic acids is 1. The quantitative estimate of drug-likeness (QED) is 0.855. The molecule has 1 heterocycles. The molecule has 27 heavy (non-hydrogen) atoms. The van der Waals surface area contributed by atoms with E-state index in [0.29, 0.717) is 19.4 Å². The van der Waals surface area contributed by atoms with Crippen LogP contribution in [0.1, 0.15) is 29.5 Å². The first kappa shape index (κ1) is 19.6. The lowest BCUT2D eigenvalue weighted by Crippen LogP contribution is -2.44. The first-order valence-corrected chi connectivity index (χ1v) is 10.9. The highest BCUT2D eigenvalue weighted by Gasteiger charge is 2.32. The van der Waals surface area contributed by atoms with E-state index in [-0.39, 0.29) is 24.1 Å². The number of hydrogen-bond acceptors (Lipinski definition) is 3. The molecule has 0 aromatic heterocycles. The highest BCUT2D eigenvalue weighted by atomic mass is 32.2. The van der Waals surface area contributed by atoms with E-state index in [9.17, 15) is 13.2 Å². The van der Waals surface area contributed by atoms with Crippen molar-refractivity contribution in [1.29, 1.82) is 0 Å². The molecular weight excluding hydrogens is 360 g/mol. The second-order valence-corrected chi connectivity index (χ2v) is 9.14. The Morgan fingerprint density at radius 1 is 1.11 bits per heavy atom. The van der Waals surface area contributed by atoms with Crippen molar-refractivity contribution in [3.63, 3.8) is 0 Å². The maximum Gasteiger partial charge on any atom is 0.228 e. The van der Waals surface area contributed by atoms with Crippen molar-refractivity contribution < 1.29 is 13.2 Å². The number of aryl methyl sites for hydroxylation is 1. The monoisotopic (exact) mass is 386 g/mol. The van der Waals surface area contributed by atoms with Crippen LogP contribution in [-0.4, -0.2) is 31.7 Å². The SMILES string of the molecule is Cc1cccc(NC(=O)[C@@H]2CCCN(S(=O)(=O)Cc3ccccc3)C2)c1C. The number of benzene rings is 2. The molecule has 0 aliphatic carbocycles. The molecule has 1 atom stereocenters. The van der Waals surface area contributed by atoms with Crippen LogP contribution in [0.2, 0.25) is 0 Å². The lowest BCUT2D eigenvalue weighted by molar-refractivity contribution is -0.120. The Hall–Kier alpha value is -2.18. The summed E-state index contributed by atoms with van der Waals surface area (Å²) in [7, 11) is -3.44. The molecule has 2 aromatic carbocycles. The second-order valence-electron chi connectivity index (χ2n) is 7.18. The number of hydrogen-bond donors (Lipinski definition) is 1. The minimum Gasteiger partial charge on any atom is -0.326 e. The fourth-order valence-corrected chi connectivity index (χ4v) is 5.02. The maximum absolute atomic E-state index is 12.8. The highest BCUT2D eigenvalue weighted by Crippen LogP contribution is 2.24. The molecule has 1 saturated heterocycles. The Bertz CT molecular complexity index is 910. The van der Waals surface area contributed by atoms with Gasteiger partial charge in [-0.15, -0.1) is 0 Å². The van der Waals surface area contributed by atoms with Gasteiger partial charge in [0.25, 0.3) is 0 Å². The molecule has 1 amide bonds. The van der Waals surface area contributed by atoms with Crippen molar-refractivity contribution in [3.8, 4) is 0 Å². The molecule has 5 nitrogen and oxygen atoms in total. The van der Waals surface area contributed by atoms with E-state index in [4.69, 9.17) is 0 Å². The van der Waals surface area contributed by atoms with Crippen LogP contribution in [-0.2, 0) is 20.6 Å². The number of sulfonamides is 1. The van der Waals surface area contributed by atoms with Gasteiger partial charge < -0.3 is 5.32 Å². The summed E-state index contributed by atoms with van der Waals surface area (Å²) in [5, 5.41) is 2.98. The minimum absolute atomic E-state index is 0.0286. The summed E-state index contributed by atoms with van der Waals surface area (Å²) in [5.41, 5.74) is 3.71. The molecule has 3 rings (SSSR count). The molecule has 6 heteroatoms. The zero-order chi connectivity index (χ0) is 19.4. The average molecular weight is 387 g/mol. The third kappa shape index (κ3) is 4.76. The third-order valence-electron chi connectivity index (χ3n) is 5.20. The topological polar surface area (TPSA) is 66.5 Å². The van der Waals surface area contributed by atoms with Gasteiger partial charge in [-0.2, -0.15) is 0 Å². The van der Waals surface area contributed by atoms with Gasteiger partial charge >= 0.3 is 0 Å². The van der Waals surface area contributed by atoms with Crippen LogP contribution in [0.15, 0.2) is 48.5 Å². The first-order chi connectivity index (χ1) is 12.9. The van der Waals surface area contributed by atoms with Crippen LogP contribution in [0.3, 0.4) is 0 Å². The van der Waals surface area contributed by atoms with Crippen LogP contribution >= 0.6 is 0 Å². The van der Waals surface area contributed by atoms with Crippen LogP contribution in [0.25, 0.3) is 0 Å². The predicted molar refractivity (Wildman–Crippen MR) is 108 cm³/mol. The number of anilines is 1. The van der Waals surface area contributed by atoms with Gasteiger partial charge in [0.2, 0.25) is 15.9 Å². The van der Waals surface area contributed by atoms with Gasteiger partial charge in [0.05, 0.1) is 11.7 Å². The summed E-state index contributed by atoms with van der Waals surface area (Å²) >= 11 is 0. The van der Waals surface area contributed by atoms with Crippen LogP contribution < -0.4 is 5.32 Å². The van der Waals surface area contributed by atoms with Crippen LogP contribution in [0, 0.1) is 19.8 Å². The van der Waals surface area contributed by atoms with Crippen LogP contribution in [0.5, 0.6) is 0 Å². The Labute approximate surface area is 161 Å². The molecule has 0 radical (unpaired) electrons. The predicted octanol–water partition coefficient (Wildman–Crippen LogP) is 3.48. The Morgan fingerprint density at radius 2 is 1.85 bits per heavy atom. The number of amides is 1. The molecule has 0 unspecified atom stereocenters. The lowest BCUT2D eigenvalue weighted by atomic mass is 9.98. The van der Waals surface area contributed by atoms with Gasteiger partial charge in [0, 0.05) is 18.8 Å². The molecule has 1 aliphatic rings. The van der Waals surface area contributed by atoms with Crippen molar-refractivity contribution in [2.75, 3.05) is 18.4 Å². The summed E-state index contributed by atoms with van der Waals surface area (Å²) in [6.07, 6.45) is 1.40. The van der Waals surface area contributed by atoms with E-state index in [1.54, 1.807) is 0 Å². The summed E-state index contributed by atoms with van der Waals surface area (Å²) in [4.78, 5) is 12.7. The molecular formula is C21H26N2O3S. The number of carbonyl (C=O) groups is 1. The summed E-state index contributed by atoms with van der Waals surface area (Å²) in [5.74, 6) is -0.466. The normalized spacial score (nSPS) is 18.2. The number of piperidine rings is 1. The molecule has 1 aliphatic heterocycles. The standard InChI is InChI=1S/C21H26N2O3S/c1-16-8-6-12-20(17(16)2)22-21(24)19-11-7-13-23(14-19)27(25,26)15-18-9-4-3-5-10-18/h3-6,8-10,12,19H,7,11,13-15H2,1-2H3,(H,22,24)/t19-/m1/s1. The van der Waals surface area contributed by atoms with Gasteiger partial charge in [0.15, 0.2) is 0 Å². The molecule has 0 saturated carbocycles. The van der Waals surface area contributed by atoms with E-state index < -0.39 is 10.0 Å². The number of rotatable bonds is 5. The van der Waals surface area contributed by atoms with Gasteiger partial charge in [-0.1, -0.05) is 42.5 Å². The summed E-state index contributed by atoms with van der Waals surface area (Å²) < 4.78 is 27.0. The zero-order valence-corrected chi connectivity index (χ0v) is 16.6. The van der Waals surface area contributed by atoms with E-state index >= 15 is 0 Å². The Balaban J connectivity index is 1.68. The van der Waals surface area contributed by atoms with Crippen molar-refractivity contribution in [2.24, 2.45) is 5.92 Å². The van der Waals surface area contributed by atoms with Crippen molar-refractivity contribution >= 4 is 21.6 Å². The molecule has 0 spiro atoms. The van der Waals surface area contributed by atoms with E-state index in [1.807, 2.05) is 62.4 Å². The third-order valence-corrected chi connectivity index (χ3v) is 7.02. The van der Waals surface area contributed by atoms with Gasteiger partial charge in [-0.05, 0) is 49.4 Å². The van der Waals surface area contributed by atoms with Gasteiger partial charge in [-0.3, -0.25) is 4.79 Å². The lowest BCUT2D eigenvalue weighted by Gasteiger charge is -2.31. The van der Waals surface area contributed by atoms with E-state index in [0.717, 1.165) is 22.4 Å². The Morgan fingerprint density at radius 3 is 2.59 bits per heavy atom. The fourth-order valence-electron chi connectivity index (χ4n) is 3.41. The summed E-state index contributed by atoms with van der Waals surface area (Å²) in [6, 6.07) is 15.0. The fraction of sp³-hybridized carbons (Fsp3) is 0.381. The number of nitrogens with zero attached hydrogens (tertiary/aromatic N) is 1. The largest absolute Gasteiger partial charge is 0.326 e. The van der Waals surface area contributed by atoms with Gasteiger partial charge in [-0.25, -0.2) is 12.7 Å². The minimum atomic E-state index is -3.44. The van der Waals surface area contributed by atoms with Crippen molar-refractivity contribution in [3.05, 3.63) is 65.2 Å². The molecule has 1 N–H and O–H groups in total. The first-order valence-electron chi connectivity index (χ1n) is 9.25. The Kier molecular flexibility index (Phi) is 5.97.